The maximum atomic E-state index is 10.8. The van der Waals surface area contributed by atoms with Crippen LogP contribution in [-0.4, -0.2) is 25.8 Å². The summed E-state index contributed by atoms with van der Waals surface area (Å²) >= 11 is 0. The van der Waals surface area contributed by atoms with Gasteiger partial charge in [-0.25, -0.2) is 0 Å². The average molecular weight is 264 g/mol. The number of benzene rings is 1. The first-order valence-electron chi connectivity index (χ1n) is 6.45. The van der Waals surface area contributed by atoms with Crippen LogP contribution in [0.1, 0.15) is 31.9 Å². The summed E-state index contributed by atoms with van der Waals surface area (Å²) in [7, 11) is 1.64. The molecule has 0 aromatic heterocycles. The third-order valence-electron chi connectivity index (χ3n) is 3.33. The zero-order valence-corrected chi connectivity index (χ0v) is 11.6. The van der Waals surface area contributed by atoms with Crippen LogP contribution in [0.5, 0.6) is 5.75 Å². The van der Waals surface area contributed by atoms with Crippen molar-refractivity contribution in [1.82, 2.24) is 0 Å². The Kier molecular flexibility index (Phi) is 4.22. The average Bonchev–Trinajstić information content (AvgIpc) is 2.40. The van der Waals surface area contributed by atoms with E-state index in [0.29, 0.717) is 13.0 Å². The number of carbonyl (C=O) groups excluding carboxylic acids is 1. The molecule has 19 heavy (non-hydrogen) atoms. The summed E-state index contributed by atoms with van der Waals surface area (Å²) in [5, 5.41) is 0. The molecule has 2 rings (SSSR count). The Hall–Kier alpha value is -1.39. The third-order valence-corrected chi connectivity index (χ3v) is 3.33. The van der Waals surface area contributed by atoms with E-state index in [4.69, 9.17) is 14.2 Å². The first kappa shape index (κ1) is 14.0. The summed E-state index contributed by atoms with van der Waals surface area (Å²) in [4.78, 5) is 10.8. The van der Waals surface area contributed by atoms with Crippen LogP contribution < -0.4 is 4.74 Å². The molecule has 0 spiro atoms. The maximum absolute atomic E-state index is 10.8. The molecule has 1 aliphatic heterocycles. The quantitative estimate of drug-likeness (QED) is 0.784. The maximum Gasteiger partial charge on any atom is 0.163 e. The molecule has 0 bridgehead atoms. The highest BCUT2D eigenvalue weighted by Crippen LogP contribution is 2.41. The lowest BCUT2D eigenvalue weighted by molar-refractivity contribution is -0.295. The van der Waals surface area contributed by atoms with Gasteiger partial charge in [-0.15, -0.1) is 0 Å². The highest BCUT2D eigenvalue weighted by Gasteiger charge is 2.38. The molecule has 0 radical (unpaired) electrons. The summed E-state index contributed by atoms with van der Waals surface area (Å²) in [6.07, 6.45) is 1.14. The molecule has 1 aromatic carbocycles. The Balaban J connectivity index is 2.33. The molecule has 1 aliphatic rings. The van der Waals surface area contributed by atoms with Gasteiger partial charge in [0.2, 0.25) is 0 Å². The fourth-order valence-corrected chi connectivity index (χ4v) is 2.37. The van der Waals surface area contributed by atoms with Gasteiger partial charge in [0.05, 0.1) is 19.8 Å². The topological polar surface area (TPSA) is 44.8 Å². The van der Waals surface area contributed by atoms with Gasteiger partial charge in [-0.3, -0.25) is 0 Å². The van der Waals surface area contributed by atoms with Crippen LogP contribution in [0.3, 0.4) is 0 Å². The van der Waals surface area contributed by atoms with Crippen LogP contribution in [0.15, 0.2) is 24.3 Å². The molecular weight excluding hydrogens is 244 g/mol. The lowest BCUT2D eigenvalue weighted by atomic mass is 9.91. The van der Waals surface area contributed by atoms with Crippen LogP contribution in [0, 0.1) is 5.92 Å². The van der Waals surface area contributed by atoms with Gasteiger partial charge in [0.1, 0.15) is 12.0 Å². The zero-order chi connectivity index (χ0) is 13.9. The minimum Gasteiger partial charge on any atom is -0.496 e. The molecule has 1 fully saturated rings. The van der Waals surface area contributed by atoms with Gasteiger partial charge in [-0.1, -0.05) is 18.2 Å². The molecular formula is C15H20O4. The standard InChI is InChI=1S/C15H20O4/c1-15(2)18-10-11(8-9-16)14(19-15)12-6-4-5-7-13(12)17-3/h4-7,9,11,14H,8,10H2,1-3H3. The third kappa shape index (κ3) is 3.14. The van der Waals surface area contributed by atoms with Gasteiger partial charge in [0.25, 0.3) is 0 Å². The highest BCUT2D eigenvalue weighted by molar-refractivity contribution is 5.50. The second-order valence-electron chi connectivity index (χ2n) is 5.15. The summed E-state index contributed by atoms with van der Waals surface area (Å²) < 4.78 is 17.0. The fourth-order valence-electron chi connectivity index (χ4n) is 2.37. The number of hydrogen-bond acceptors (Lipinski definition) is 4. The van der Waals surface area contributed by atoms with E-state index in [1.54, 1.807) is 7.11 Å². The Morgan fingerprint density at radius 2 is 2.16 bits per heavy atom. The van der Waals surface area contributed by atoms with Crippen molar-refractivity contribution < 1.29 is 19.0 Å². The molecule has 0 saturated carbocycles. The van der Waals surface area contributed by atoms with Crippen molar-refractivity contribution in [2.45, 2.75) is 32.2 Å². The van der Waals surface area contributed by atoms with Crippen LogP contribution >= 0.6 is 0 Å². The van der Waals surface area contributed by atoms with Crippen molar-refractivity contribution in [3.8, 4) is 5.75 Å². The Labute approximate surface area is 113 Å². The molecule has 0 aliphatic carbocycles. The smallest absolute Gasteiger partial charge is 0.163 e. The molecule has 1 heterocycles. The lowest BCUT2D eigenvalue weighted by Crippen LogP contribution is -2.41. The molecule has 2 unspecified atom stereocenters. The van der Waals surface area contributed by atoms with Crippen molar-refractivity contribution in [2.24, 2.45) is 5.92 Å². The van der Waals surface area contributed by atoms with E-state index in [1.807, 2.05) is 38.1 Å². The fraction of sp³-hybridized carbons (Fsp3) is 0.533. The minimum absolute atomic E-state index is 0.0156. The highest BCUT2D eigenvalue weighted by atomic mass is 16.7. The molecule has 1 saturated heterocycles. The number of hydrogen-bond donors (Lipinski definition) is 0. The second kappa shape index (κ2) is 5.72. The van der Waals surface area contributed by atoms with E-state index in [2.05, 4.69) is 0 Å². The zero-order valence-electron chi connectivity index (χ0n) is 11.6. The lowest BCUT2D eigenvalue weighted by Gasteiger charge is -2.41. The minimum atomic E-state index is -0.648. The normalized spacial score (nSPS) is 25.8. The van der Waals surface area contributed by atoms with E-state index in [1.165, 1.54) is 0 Å². The van der Waals surface area contributed by atoms with E-state index in [9.17, 15) is 4.79 Å². The number of aldehydes is 1. The van der Waals surface area contributed by atoms with Gasteiger partial charge in [-0.05, 0) is 19.9 Å². The number of ether oxygens (including phenoxy) is 3. The number of rotatable bonds is 4. The summed E-state index contributed by atoms with van der Waals surface area (Å²) in [5.74, 6) is 0.146. The number of carbonyl (C=O) groups is 1. The van der Waals surface area contributed by atoms with Crippen LogP contribution in [0.25, 0.3) is 0 Å². The SMILES string of the molecule is COc1ccccc1C1OC(C)(C)OCC1CC=O. The summed E-state index contributed by atoms with van der Waals surface area (Å²) in [5.41, 5.74) is 0.966. The van der Waals surface area contributed by atoms with Gasteiger partial charge < -0.3 is 19.0 Å². The molecule has 2 atom stereocenters. The molecule has 1 aromatic rings. The first-order chi connectivity index (χ1) is 9.07. The Bertz CT molecular complexity index is 442. The van der Waals surface area contributed by atoms with E-state index >= 15 is 0 Å². The predicted octanol–water partition coefficient (Wildman–Crippen LogP) is 2.72. The van der Waals surface area contributed by atoms with Crippen LogP contribution in [-0.2, 0) is 14.3 Å². The number of para-hydroxylation sites is 1. The Morgan fingerprint density at radius 1 is 1.42 bits per heavy atom. The molecule has 4 heteroatoms. The van der Waals surface area contributed by atoms with Gasteiger partial charge in [0, 0.05) is 17.9 Å². The van der Waals surface area contributed by atoms with Crippen molar-refractivity contribution >= 4 is 6.29 Å². The molecule has 104 valence electrons. The predicted molar refractivity (Wildman–Crippen MR) is 71.0 cm³/mol. The monoisotopic (exact) mass is 264 g/mol. The summed E-state index contributed by atoms with van der Waals surface area (Å²) in [6, 6.07) is 7.74. The van der Waals surface area contributed by atoms with Crippen LogP contribution in [0.2, 0.25) is 0 Å². The second-order valence-corrected chi connectivity index (χ2v) is 5.15. The number of methoxy groups -OCH3 is 1. The van der Waals surface area contributed by atoms with Crippen molar-refractivity contribution in [3.63, 3.8) is 0 Å². The Morgan fingerprint density at radius 3 is 2.84 bits per heavy atom. The van der Waals surface area contributed by atoms with Crippen molar-refractivity contribution in [2.75, 3.05) is 13.7 Å². The van der Waals surface area contributed by atoms with E-state index in [-0.39, 0.29) is 12.0 Å². The largest absolute Gasteiger partial charge is 0.496 e. The van der Waals surface area contributed by atoms with Gasteiger partial charge in [-0.2, -0.15) is 0 Å². The van der Waals surface area contributed by atoms with E-state index in [0.717, 1.165) is 17.6 Å². The first-order valence-corrected chi connectivity index (χ1v) is 6.45. The summed E-state index contributed by atoms with van der Waals surface area (Å²) in [6.45, 7) is 4.27. The van der Waals surface area contributed by atoms with Gasteiger partial charge >= 0.3 is 0 Å². The van der Waals surface area contributed by atoms with Crippen molar-refractivity contribution in [1.29, 1.82) is 0 Å². The van der Waals surface area contributed by atoms with Gasteiger partial charge in [0.15, 0.2) is 5.79 Å². The van der Waals surface area contributed by atoms with E-state index < -0.39 is 5.79 Å². The molecule has 0 amide bonds. The molecule has 0 N–H and O–H groups in total. The molecule has 4 nitrogen and oxygen atoms in total. The van der Waals surface area contributed by atoms with Crippen LogP contribution in [0.4, 0.5) is 0 Å². The van der Waals surface area contributed by atoms with Crippen molar-refractivity contribution in [3.05, 3.63) is 29.8 Å².